The normalized spacial score (nSPS) is 26.6. The summed E-state index contributed by atoms with van der Waals surface area (Å²) in [4.78, 5) is 5.58. The highest BCUT2D eigenvalue weighted by Gasteiger charge is 2.35. The van der Waals surface area contributed by atoms with Crippen molar-refractivity contribution in [1.29, 1.82) is 0 Å². The first-order valence-corrected chi connectivity index (χ1v) is 8.36. The van der Waals surface area contributed by atoms with Gasteiger partial charge >= 0.3 is 0 Å². The molecule has 2 aliphatic rings. The van der Waals surface area contributed by atoms with Crippen LogP contribution in [0.2, 0.25) is 0 Å². The van der Waals surface area contributed by atoms with E-state index in [0.29, 0.717) is 17.1 Å². The predicted octanol–water partition coefficient (Wildman–Crippen LogP) is 2.76. The Morgan fingerprint density at radius 3 is 2.95 bits per heavy atom. The number of hydrogen-bond donors (Lipinski definition) is 1. The van der Waals surface area contributed by atoms with Crippen LogP contribution in [0.1, 0.15) is 25.3 Å². The van der Waals surface area contributed by atoms with Gasteiger partial charge in [0.05, 0.1) is 0 Å². The van der Waals surface area contributed by atoms with Gasteiger partial charge in [0.2, 0.25) is 0 Å². The number of hydrogen-bond acceptors (Lipinski definition) is 3. The molecule has 2 heterocycles. The Kier molecular flexibility index (Phi) is 4.02. The number of piperazine rings is 1. The molecule has 108 valence electrons. The van der Waals surface area contributed by atoms with E-state index < -0.39 is 0 Å². The molecule has 0 aromatic heterocycles. The van der Waals surface area contributed by atoms with Gasteiger partial charge in [-0.3, -0.25) is 4.90 Å². The molecule has 2 N–H and O–H groups in total. The van der Waals surface area contributed by atoms with Gasteiger partial charge < -0.3 is 10.6 Å². The van der Waals surface area contributed by atoms with Crippen molar-refractivity contribution in [2.24, 2.45) is 5.73 Å². The Morgan fingerprint density at radius 1 is 1.40 bits per heavy atom. The first-order valence-electron chi connectivity index (χ1n) is 7.16. The molecule has 0 saturated carbocycles. The van der Waals surface area contributed by atoms with Crippen molar-refractivity contribution in [3.63, 3.8) is 0 Å². The zero-order valence-corrected chi connectivity index (χ0v) is 14.1. The van der Waals surface area contributed by atoms with E-state index in [0.717, 1.165) is 23.1 Å². The van der Waals surface area contributed by atoms with Gasteiger partial charge in [-0.1, -0.05) is 28.1 Å². The summed E-state index contributed by atoms with van der Waals surface area (Å²) in [6.45, 7) is 5.77. The second kappa shape index (κ2) is 5.62. The number of fused-ring (bicyclic) bond motifs is 1. The van der Waals surface area contributed by atoms with Crippen molar-refractivity contribution in [1.82, 2.24) is 4.90 Å². The van der Waals surface area contributed by atoms with E-state index in [9.17, 15) is 0 Å². The monoisotopic (exact) mass is 353 g/mol. The highest BCUT2D eigenvalue weighted by atomic mass is 79.9. The van der Waals surface area contributed by atoms with Crippen LogP contribution in [-0.4, -0.2) is 41.6 Å². The molecule has 2 atom stereocenters. The van der Waals surface area contributed by atoms with Crippen molar-refractivity contribution in [3.05, 3.63) is 28.2 Å². The molecule has 0 radical (unpaired) electrons. The molecular weight excluding hydrogens is 334 g/mol. The lowest BCUT2D eigenvalue weighted by Crippen LogP contribution is -2.55. The average Bonchev–Trinajstić information content (AvgIpc) is 2.85. The van der Waals surface area contributed by atoms with E-state index in [-0.39, 0.29) is 0 Å². The van der Waals surface area contributed by atoms with Crippen molar-refractivity contribution >= 4 is 38.8 Å². The third-order valence-electron chi connectivity index (χ3n) is 4.47. The van der Waals surface area contributed by atoms with Gasteiger partial charge in [-0.05, 0) is 44.5 Å². The largest absolute Gasteiger partial charge is 0.389 e. The van der Waals surface area contributed by atoms with Crippen LogP contribution in [0, 0.1) is 0 Å². The Hall–Kier alpha value is -0.650. The van der Waals surface area contributed by atoms with Crippen LogP contribution in [0.5, 0.6) is 0 Å². The smallest absolute Gasteiger partial charge is 0.106 e. The Morgan fingerprint density at radius 2 is 2.20 bits per heavy atom. The van der Waals surface area contributed by atoms with Crippen molar-refractivity contribution in [3.8, 4) is 0 Å². The molecule has 0 amide bonds. The van der Waals surface area contributed by atoms with Crippen LogP contribution in [-0.2, 0) is 0 Å². The molecule has 2 unspecified atom stereocenters. The molecule has 2 saturated heterocycles. The van der Waals surface area contributed by atoms with Crippen LogP contribution in [0.25, 0.3) is 0 Å². The van der Waals surface area contributed by atoms with Crippen LogP contribution in [0.4, 0.5) is 5.69 Å². The van der Waals surface area contributed by atoms with Crippen LogP contribution in [0.3, 0.4) is 0 Å². The van der Waals surface area contributed by atoms with Crippen molar-refractivity contribution in [2.45, 2.75) is 31.8 Å². The summed E-state index contributed by atoms with van der Waals surface area (Å²) < 4.78 is 1.02. The van der Waals surface area contributed by atoms with Crippen molar-refractivity contribution in [2.75, 3.05) is 24.5 Å². The molecule has 0 bridgehead atoms. The Labute approximate surface area is 134 Å². The van der Waals surface area contributed by atoms with Gasteiger partial charge in [0, 0.05) is 40.9 Å². The first-order chi connectivity index (χ1) is 9.56. The van der Waals surface area contributed by atoms with Crippen LogP contribution >= 0.6 is 28.1 Å². The number of halogens is 1. The fourth-order valence-corrected chi connectivity index (χ4v) is 4.00. The van der Waals surface area contributed by atoms with Gasteiger partial charge in [0.1, 0.15) is 4.99 Å². The summed E-state index contributed by atoms with van der Waals surface area (Å²) in [6.07, 6.45) is 2.63. The quantitative estimate of drug-likeness (QED) is 0.828. The van der Waals surface area contributed by atoms with Crippen LogP contribution in [0.15, 0.2) is 22.7 Å². The molecule has 2 fully saturated rings. The molecule has 20 heavy (non-hydrogen) atoms. The summed E-state index contributed by atoms with van der Waals surface area (Å²) >= 11 is 8.74. The molecule has 2 aliphatic heterocycles. The third kappa shape index (κ3) is 2.59. The molecule has 0 aliphatic carbocycles. The molecule has 1 aromatic carbocycles. The lowest BCUT2D eigenvalue weighted by atomic mass is 10.0. The van der Waals surface area contributed by atoms with Crippen LogP contribution < -0.4 is 10.6 Å². The summed E-state index contributed by atoms with van der Waals surface area (Å²) in [6, 6.07) is 7.43. The Bertz CT molecular complexity index is 534. The third-order valence-corrected chi connectivity index (χ3v) is 5.18. The topological polar surface area (TPSA) is 32.5 Å². The maximum Gasteiger partial charge on any atom is 0.106 e. The number of thiocarbonyl (C=S) groups is 1. The summed E-state index contributed by atoms with van der Waals surface area (Å²) in [5.41, 5.74) is 8.08. The number of nitrogens with zero attached hydrogens (tertiary/aromatic N) is 2. The number of anilines is 1. The molecule has 5 heteroatoms. The number of benzene rings is 1. The highest BCUT2D eigenvalue weighted by molar-refractivity contribution is 9.10. The minimum atomic E-state index is 0.474. The predicted molar refractivity (Wildman–Crippen MR) is 91.4 cm³/mol. The van der Waals surface area contributed by atoms with E-state index in [1.807, 2.05) is 6.07 Å². The fraction of sp³-hybridized carbons (Fsp3) is 0.533. The van der Waals surface area contributed by atoms with E-state index in [4.69, 9.17) is 18.0 Å². The molecule has 3 nitrogen and oxygen atoms in total. The minimum absolute atomic E-state index is 0.474. The number of nitrogens with two attached hydrogens (primary N) is 1. The SMILES string of the molecule is CC1CN2CCCC2CN1c1ccc(Br)cc1C(N)=S. The molecule has 1 aromatic rings. The molecule has 3 rings (SSSR count). The molecule has 0 spiro atoms. The second-order valence-corrected chi connectivity index (χ2v) is 7.17. The van der Waals surface area contributed by atoms with Gasteiger partial charge in [-0.2, -0.15) is 0 Å². The van der Waals surface area contributed by atoms with E-state index in [2.05, 4.69) is 44.8 Å². The highest BCUT2D eigenvalue weighted by Crippen LogP contribution is 2.32. The van der Waals surface area contributed by atoms with E-state index in [1.54, 1.807) is 0 Å². The Balaban J connectivity index is 1.93. The second-order valence-electron chi connectivity index (χ2n) is 5.82. The van der Waals surface area contributed by atoms with Gasteiger partial charge in [0.25, 0.3) is 0 Å². The summed E-state index contributed by atoms with van der Waals surface area (Å²) in [5.74, 6) is 0. The lowest BCUT2D eigenvalue weighted by molar-refractivity contribution is 0.203. The lowest BCUT2D eigenvalue weighted by Gasteiger charge is -2.44. The zero-order chi connectivity index (χ0) is 14.3. The fourth-order valence-electron chi connectivity index (χ4n) is 3.48. The minimum Gasteiger partial charge on any atom is -0.389 e. The maximum atomic E-state index is 5.92. The van der Waals surface area contributed by atoms with Gasteiger partial charge in [-0.25, -0.2) is 0 Å². The standard InChI is InChI=1S/C15H20BrN3S/c1-10-8-18-6-2-3-12(18)9-19(10)14-5-4-11(16)7-13(14)15(17)20/h4-5,7,10,12H,2-3,6,8-9H2,1H3,(H2,17,20). The van der Waals surface area contributed by atoms with Gasteiger partial charge in [-0.15, -0.1) is 0 Å². The van der Waals surface area contributed by atoms with E-state index >= 15 is 0 Å². The first kappa shape index (κ1) is 14.3. The average molecular weight is 354 g/mol. The summed E-state index contributed by atoms with van der Waals surface area (Å²) in [5, 5.41) is 0. The maximum absolute atomic E-state index is 5.92. The summed E-state index contributed by atoms with van der Waals surface area (Å²) in [7, 11) is 0. The van der Waals surface area contributed by atoms with Gasteiger partial charge in [0.15, 0.2) is 0 Å². The number of rotatable bonds is 2. The van der Waals surface area contributed by atoms with Crippen molar-refractivity contribution < 1.29 is 0 Å². The zero-order valence-electron chi connectivity index (χ0n) is 11.7. The van der Waals surface area contributed by atoms with E-state index in [1.165, 1.54) is 25.1 Å². The molecular formula is C15H20BrN3S.